The van der Waals surface area contributed by atoms with Crippen molar-refractivity contribution in [3.8, 4) is 0 Å². The first-order valence-electron chi connectivity index (χ1n) is 8.90. The van der Waals surface area contributed by atoms with Gasteiger partial charge < -0.3 is 5.32 Å². The van der Waals surface area contributed by atoms with E-state index >= 15 is 0 Å². The van der Waals surface area contributed by atoms with Crippen LogP contribution in [0.3, 0.4) is 0 Å². The maximum Gasteiger partial charge on any atom is 0.350 e. The minimum atomic E-state index is -4.00. The zero-order chi connectivity index (χ0) is 21.9. The molecule has 160 valence electrons. The van der Waals surface area contributed by atoms with Gasteiger partial charge in [0.25, 0.3) is 15.9 Å². The van der Waals surface area contributed by atoms with E-state index in [-0.39, 0.29) is 27.7 Å². The Morgan fingerprint density at radius 2 is 2.07 bits per heavy atom. The molecule has 0 aliphatic rings. The largest absolute Gasteiger partial charge is 0.352 e. The third-order valence-corrected chi connectivity index (χ3v) is 6.55. The van der Waals surface area contributed by atoms with Crippen molar-refractivity contribution in [2.75, 3.05) is 20.7 Å². The van der Waals surface area contributed by atoms with Crippen LogP contribution in [0.5, 0.6) is 0 Å². The molecule has 3 aromatic rings. The van der Waals surface area contributed by atoms with Gasteiger partial charge in [0.1, 0.15) is 4.90 Å². The van der Waals surface area contributed by atoms with Crippen LogP contribution in [0.1, 0.15) is 16.8 Å². The zero-order valence-electron chi connectivity index (χ0n) is 16.3. The van der Waals surface area contributed by atoms with Gasteiger partial charge in [0.2, 0.25) is 0 Å². The molecular formula is C18H20ClN5O5S. The molecule has 0 bridgehead atoms. The van der Waals surface area contributed by atoms with Crippen LogP contribution < -0.4 is 11.0 Å². The average Bonchev–Trinajstić information content (AvgIpc) is 3.06. The molecule has 0 fully saturated rings. The van der Waals surface area contributed by atoms with Crippen LogP contribution in [0.15, 0.2) is 52.3 Å². The number of nitrogens with zero attached hydrogens (tertiary/aromatic N) is 4. The number of hydrogen-bond donors (Lipinski definition) is 1. The van der Waals surface area contributed by atoms with E-state index in [1.165, 1.54) is 41.4 Å². The number of hydroxylamine groups is 1. The van der Waals surface area contributed by atoms with E-state index in [1.54, 1.807) is 24.4 Å². The number of sulfonamides is 1. The van der Waals surface area contributed by atoms with Gasteiger partial charge in [-0.3, -0.25) is 14.0 Å². The molecule has 1 aromatic carbocycles. The molecule has 3 rings (SSSR count). The van der Waals surface area contributed by atoms with E-state index in [1.807, 2.05) is 0 Å². The number of fused-ring (bicyclic) bond motifs is 1. The summed E-state index contributed by atoms with van der Waals surface area (Å²) in [5.74, 6) is -0.467. The van der Waals surface area contributed by atoms with E-state index in [2.05, 4.69) is 10.4 Å². The number of aryl methyl sites for hydroxylation is 1. The van der Waals surface area contributed by atoms with E-state index in [9.17, 15) is 18.0 Å². The van der Waals surface area contributed by atoms with Crippen LogP contribution in [0.25, 0.3) is 5.65 Å². The van der Waals surface area contributed by atoms with E-state index in [0.717, 1.165) is 0 Å². The highest BCUT2D eigenvalue weighted by Gasteiger charge is 2.25. The van der Waals surface area contributed by atoms with Gasteiger partial charge in [-0.2, -0.15) is 0 Å². The number of pyridine rings is 1. The highest BCUT2D eigenvalue weighted by molar-refractivity contribution is 7.89. The monoisotopic (exact) mass is 453 g/mol. The van der Waals surface area contributed by atoms with Gasteiger partial charge in [0, 0.05) is 31.9 Å². The topological polar surface area (TPSA) is 115 Å². The van der Waals surface area contributed by atoms with E-state index in [4.69, 9.17) is 16.4 Å². The molecule has 10 nitrogen and oxygen atoms in total. The van der Waals surface area contributed by atoms with Gasteiger partial charge in [0.05, 0.1) is 12.1 Å². The fourth-order valence-corrected chi connectivity index (χ4v) is 4.20. The first kappa shape index (κ1) is 22.0. The van der Waals surface area contributed by atoms with Crippen molar-refractivity contribution in [1.82, 2.24) is 24.0 Å². The van der Waals surface area contributed by atoms with E-state index in [0.29, 0.717) is 23.1 Å². The molecule has 2 aromatic heterocycles. The smallest absolute Gasteiger partial charge is 0.350 e. The second kappa shape index (κ2) is 8.96. The molecule has 1 amide bonds. The summed E-state index contributed by atoms with van der Waals surface area (Å²) in [6.45, 7) is 0.585. The second-order valence-electron chi connectivity index (χ2n) is 6.29. The summed E-state index contributed by atoms with van der Waals surface area (Å²) in [6.07, 6.45) is 2.09. The lowest BCUT2D eigenvalue weighted by molar-refractivity contribution is -0.0258. The lowest BCUT2D eigenvalue weighted by atomic mass is 10.2. The number of rotatable bonds is 8. The Labute approximate surface area is 177 Å². The second-order valence-corrected chi connectivity index (χ2v) is 8.60. The first-order chi connectivity index (χ1) is 14.3. The van der Waals surface area contributed by atoms with Gasteiger partial charge in [-0.05, 0) is 36.8 Å². The number of carbonyl (C=O) groups excluding carboxylic acids is 1. The Morgan fingerprint density at radius 3 is 2.77 bits per heavy atom. The summed E-state index contributed by atoms with van der Waals surface area (Å²) >= 11 is 6.00. The third-order valence-electron chi connectivity index (χ3n) is 4.39. The van der Waals surface area contributed by atoms with Crippen LogP contribution in [-0.2, 0) is 21.4 Å². The van der Waals surface area contributed by atoms with Crippen LogP contribution in [0.4, 0.5) is 0 Å². The lowest BCUT2D eigenvalue weighted by Gasteiger charge is -2.15. The van der Waals surface area contributed by atoms with Crippen molar-refractivity contribution < 1.29 is 18.0 Å². The Kier molecular flexibility index (Phi) is 6.56. The number of amides is 1. The molecule has 0 saturated heterocycles. The molecule has 30 heavy (non-hydrogen) atoms. The minimum absolute atomic E-state index is 0.0262. The molecule has 0 atom stereocenters. The summed E-state index contributed by atoms with van der Waals surface area (Å²) in [4.78, 5) is 29.1. The molecule has 0 aliphatic heterocycles. The van der Waals surface area contributed by atoms with Gasteiger partial charge in [-0.1, -0.05) is 22.1 Å². The minimum Gasteiger partial charge on any atom is -0.352 e. The van der Waals surface area contributed by atoms with Crippen molar-refractivity contribution in [2.45, 2.75) is 17.9 Å². The Balaban J connectivity index is 1.64. The zero-order valence-corrected chi connectivity index (χ0v) is 17.9. The molecule has 0 radical (unpaired) electrons. The number of carbonyl (C=O) groups is 1. The molecule has 0 spiro atoms. The number of halogens is 1. The molecule has 2 heterocycles. The fraction of sp³-hybridized carbons (Fsp3) is 0.278. The summed E-state index contributed by atoms with van der Waals surface area (Å²) in [7, 11) is -1.58. The van der Waals surface area contributed by atoms with Crippen molar-refractivity contribution in [3.63, 3.8) is 0 Å². The molecule has 0 saturated carbocycles. The quantitative estimate of drug-likeness (QED) is 0.404. The van der Waals surface area contributed by atoms with Crippen molar-refractivity contribution in [2.24, 2.45) is 0 Å². The predicted octanol–water partition coefficient (Wildman–Crippen LogP) is 1.15. The molecule has 12 heteroatoms. The van der Waals surface area contributed by atoms with Crippen LogP contribution >= 0.6 is 11.6 Å². The van der Waals surface area contributed by atoms with Crippen LogP contribution in [0, 0.1) is 0 Å². The average molecular weight is 454 g/mol. The van der Waals surface area contributed by atoms with Crippen molar-refractivity contribution in [3.05, 3.63) is 63.7 Å². The third kappa shape index (κ3) is 4.38. The van der Waals surface area contributed by atoms with Crippen LogP contribution in [0.2, 0.25) is 5.02 Å². The molecule has 0 unspecified atom stereocenters. The lowest BCUT2D eigenvalue weighted by Crippen LogP contribution is -2.28. The van der Waals surface area contributed by atoms with Gasteiger partial charge in [-0.15, -0.1) is 5.10 Å². The molecule has 1 N–H and O–H groups in total. The summed E-state index contributed by atoms with van der Waals surface area (Å²) in [6, 6.07) is 9.21. The SMILES string of the molecule is CON(C)S(=O)(=O)c1cc(C(=O)NCCCn2nc3ccccn3c2=O)ccc1Cl. The number of aromatic nitrogens is 3. The Morgan fingerprint density at radius 1 is 1.30 bits per heavy atom. The summed E-state index contributed by atoms with van der Waals surface area (Å²) in [5.41, 5.74) is 0.418. The molecule has 0 aliphatic carbocycles. The first-order valence-corrected chi connectivity index (χ1v) is 10.7. The number of hydrogen-bond acceptors (Lipinski definition) is 6. The normalized spacial score (nSPS) is 11.9. The van der Waals surface area contributed by atoms with Crippen molar-refractivity contribution >= 4 is 33.2 Å². The van der Waals surface area contributed by atoms with E-state index < -0.39 is 15.9 Å². The highest BCUT2D eigenvalue weighted by Crippen LogP contribution is 2.25. The maximum absolute atomic E-state index is 12.4. The van der Waals surface area contributed by atoms with Gasteiger partial charge >= 0.3 is 5.69 Å². The Hall–Kier alpha value is -2.73. The standard InChI is InChI=1S/C18H20ClN5O5S/c1-22(29-2)30(27,28)15-12-13(7-8-14(15)19)17(25)20-9-5-11-24-18(26)23-10-4-3-6-16(23)21-24/h3-4,6-8,10,12H,5,9,11H2,1-2H3,(H,20,25). The van der Waals surface area contributed by atoms with Crippen molar-refractivity contribution in [1.29, 1.82) is 0 Å². The summed E-state index contributed by atoms with van der Waals surface area (Å²) < 4.78 is 28.3. The fourth-order valence-electron chi connectivity index (χ4n) is 2.73. The number of benzene rings is 1. The van der Waals surface area contributed by atoms with Gasteiger partial charge in [0.15, 0.2) is 5.65 Å². The molecular weight excluding hydrogens is 434 g/mol. The van der Waals surface area contributed by atoms with Crippen LogP contribution in [-0.4, -0.2) is 53.7 Å². The predicted molar refractivity (Wildman–Crippen MR) is 110 cm³/mol. The summed E-state index contributed by atoms with van der Waals surface area (Å²) in [5, 5.41) is 6.88. The highest BCUT2D eigenvalue weighted by atomic mass is 35.5. The maximum atomic E-state index is 12.4. The Bertz CT molecular complexity index is 1240. The van der Waals surface area contributed by atoms with Gasteiger partial charge in [-0.25, -0.2) is 17.9 Å². The number of nitrogens with one attached hydrogen (secondary N) is 1.